The van der Waals surface area contributed by atoms with Crippen LogP contribution in [0.1, 0.15) is 20.8 Å². The van der Waals surface area contributed by atoms with E-state index in [-0.39, 0.29) is 5.04 Å². The predicted octanol–water partition coefficient (Wildman–Crippen LogP) is 4.69. The first kappa shape index (κ1) is 16.0. The highest BCUT2D eigenvalue weighted by atomic mass is 32.1. The van der Waals surface area contributed by atoms with Crippen LogP contribution in [0.3, 0.4) is 0 Å². The maximum atomic E-state index is 6.83. The van der Waals surface area contributed by atoms with Gasteiger partial charge in [0.05, 0.1) is 0 Å². The molecule has 3 aromatic rings. The second kappa shape index (κ2) is 6.34. The van der Waals surface area contributed by atoms with Gasteiger partial charge in [0.2, 0.25) is 0 Å². The van der Waals surface area contributed by atoms with Crippen LogP contribution in [0.2, 0.25) is 5.04 Å². The molecule has 0 saturated heterocycles. The Morgan fingerprint density at radius 1 is 0.783 bits per heavy atom. The van der Waals surface area contributed by atoms with Crippen molar-refractivity contribution in [1.82, 2.24) is 0 Å². The molecular weight excluding hydrogens is 316 g/mol. The molecule has 2 aromatic carbocycles. The van der Waals surface area contributed by atoms with Gasteiger partial charge in [-0.25, -0.2) is 0 Å². The minimum absolute atomic E-state index is 0.0116. The lowest BCUT2D eigenvalue weighted by atomic mass is 10.2. The predicted molar refractivity (Wildman–Crippen MR) is 103 cm³/mol. The summed E-state index contributed by atoms with van der Waals surface area (Å²) in [6.07, 6.45) is 0. The Hall–Kier alpha value is -1.84. The smallest absolute Gasteiger partial charge is 0.319 e. The molecule has 3 heteroatoms. The first-order valence-electron chi connectivity index (χ1n) is 7.86. The average Bonchev–Trinajstić information content (AvgIpc) is 3.06. The van der Waals surface area contributed by atoms with Crippen molar-refractivity contribution in [3.8, 4) is 5.75 Å². The molecule has 0 unspecified atom stereocenters. The van der Waals surface area contributed by atoms with Gasteiger partial charge in [0, 0.05) is 5.38 Å². The molecule has 0 bridgehead atoms. The van der Waals surface area contributed by atoms with Gasteiger partial charge in [-0.05, 0) is 26.9 Å². The highest BCUT2D eigenvalue weighted by Gasteiger charge is 2.52. The lowest BCUT2D eigenvalue weighted by Crippen LogP contribution is -2.68. The van der Waals surface area contributed by atoms with Gasteiger partial charge >= 0.3 is 8.32 Å². The normalized spacial score (nSPS) is 12.1. The maximum Gasteiger partial charge on any atom is 0.319 e. The summed E-state index contributed by atoms with van der Waals surface area (Å²) in [4.78, 5) is 0. The van der Waals surface area contributed by atoms with Gasteiger partial charge in [0.25, 0.3) is 0 Å². The van der Waals surface area contributed by atoms with Gasteiger partial charge in [-0.15, -0.1) is 11.3 Å². The molecule has 0 amide bonds. The second-order valence-electron chi connectivity index (χ2n) is 6.72. The van der Waals surface area contributed by atoms with Gasteiger partial charge in [-0.1, -0.05) is 81.4 Å². The number of rotatable bonds is 4. The lowest BCUT2D eigenvalue weighted by molar-refractivity contribution is 0.510. The van der Waals surface area contributed by atoms with Crippen molar-refractivity contribution in [2.45, 2.75) is 25.8 Å². The van der Waals surface area contributed by atoms with Gasteiger partial charge < -0.3 is 4.43 Å². The highest BCUT2D eigenvalue weighted by molar-refractivity contribution is 7.08. The van der Waals surface area contributed by atoms with Gasteiger partial charge in [0.15, 0.2) is 0 Å². The van der Waals surface area contributed by atoms with E-state index in [4.69, 9.17) is 4.43 Å². The molecule has 118 valence electrons. The summed E-state index contributed by atoms with van der Waals surface area (Å²) < 4.78 is 6.83. The standard InChI is InChI=1S/C20H22OSSi/c1-20(2,3)23(18-10-6-4-7-11-18,19-12-8-5-9-13-19)21-17-14-15-22-16-17/h4-16H,1-3H3. The quantitative estimate of drug-likeness (QED) is 0.627. The van der Waals surface area contributed by atoms with Crippen molar-refractivity contribution in [3.05, 3.63) is 77.5 Å². The van der Waals surface area contributed by atoms with Crippen molar-refractivity contribution >= 4 is 30.0 Å². The van der Waals surface area contributed by atoms with E-state index in [1.165, 1.54) is 10.4 Å². The molecule has 23 heavy (non-hydrogen) atoms. The van der Waals surface area contributed by atoms with E-state index in [1.54, 1.807) is 11.3 Å². The minimum atomic E-state index is -2.45. The number of hydrogen-bond donors (Lipinski definition) is 0. The van der Waals surface area contributed by atoms with Crippen LogP contribution in [0.15, 0.2) is 77.5 Å². The van der Waals surface area contributed by atoms with Gasteiger partial charge in [0.1, 0.15) is 5.75 Å². The molecular formula is C20H22OSSi. The van der Waals surface area contributed by atoms with E-state index in [0.29, 0.717) is 0 Å². The average molecular weight is 339 g/mol. The van der Waals surface area contributed by atoms with Crippen LogP contribution in [0, 0.1) is 0 Å². The number of benzene rings is 2. The third-order valence-electron chi connectivity index (χ3n) is 4.18. The molecule has 0 N–H and O–H groups in total. The van der Waals surface area contributed by atoms with E-state index < -0.39 is 8.32 Å². The van der Waals surface area contributed by atoms with Crippen LogP contribution in [-0.2, 0) is 0 Å². The van der Waals surface area contributed by atoms with Crippen molar-refractivity contribution < 1.29 is 4.43 Å². The third kappa shape index (κ3) is 2.99. The zero-order valence-electron chi connectivity index (χ0n) is 13.8. The first-order chi connectivity index (χ1) is 11.0. The van der Waals surface area contributed by atoms with E-state index in [9.17, 15) is 0 Å². The Kier molecular flexibility index (Phi) is 4.42. The largest absolute Gasteiger partial charge is 0.533 e. The maximum absolute atomic E-state index is 6.83. The Balaban J connectivity index is 2.26. The van der Waals surface area contributed by atoms with Crippen LogP contribution in [-0.4, -0.2) is 8.32 Å². The minimum Gasteiger partial charge on any atom is -0.533 e. The number of hydrogen-bond acceptors (Lipinski definition) is 2. The number of thiophene rings is 1. The molecule has 0 aliphatic heterocycles. The highest BCUT2D eigenvalue weighted by Crippen LogP contribution is 2.37. The summed E-state index contributed by atoms with van der Waals surface area (Å²) in [6, 6.07) is 23.5. The molecule has 0 fully saturated rings. The molecule has 0 spiro atoms. The summed E-state index contributed by atoms with van der Waals surface area (Å²) in [6.45, 7) is 6.89. The van der Waals surface area contributed by atoms with E-state index in [1.807, 2.05) is 0 Å². The summed E-state index contributed by atoms with van der Waals surface area (Å²) in [5.41, 5.74) is 0. The molecule has 0 aliphatic carbocycles. The Morgan fingerprint density at radius 3 is 1.70 bits per heavy atom. The zero-order chi connectivity index (χ0) is 16.3. The molecule has 1 aromatic heterocycles. The summed E-state index contributed by atoms with van der Waals surface area (Å²) in [7, 11) is -2.45. The van der Waals surface area contributed by atoms with Crippen LogP contribution in [0.4, 0.5) is 0 Å². The fraction of sp³-hybridized carbons (Fsp3) is 0.200. The van der Waals surface area contributed by atoms with E-state index >= 15 is 0 Å². The van der Waals surface area contributed by atoms with Crippen molar-refractivity contribution in [1.29, 1.82) is 0 Å². The molecule has 3 rings (SSSR count). The van der Waals surface area contributed by atoms with Crippen LogP contribution in [0.25, 0.3) is 0 Å². The Morgan fingerprint density at radius 2 is 1.30 bits per heavy atom. The third-order valence-corrected chi connectivity index (χ3v) is 9.79. The molecule has 0 saturated carbocycles. The van der Waals surface area contributed by atoms with Gasteiger partial charge in [-0.3, -0.25) is 0 Å². The zero-order valence-corrected chi connectivity index (χ0v) is 15.6. The Labute approximate surface area is 143 Å². The summed E-state index contributed by atoms with van der Waals surface area (Å²) in [5.74, 6) is 0.976. The topological polar surface area (TPSA) is 9.23 Å². The monoisotopic (exact) mass is 338 g/mol. The van der Waals surface area contributed by atoms with Crippen LogP contribution in [0.5, 0.6) is 5.75 Å². The van der Waals surface area contributed by atoms with Crippen molar-refractivity contribution in [2.75, 3.05) is 0 Å². The van der Waals surface area contributed by atoms with Gasteiger partial charge in [-0.2, -0.15) is 0 Å². The van der Waals surface area contributed by atoms with Crippen molar-refractivity contribution in [3.63, 3.8) is 0 Å². The van der Waals surface area contributed by atoms with Crippen molar-refractivity contribution in [2.24, 2.45) is 0 Å². The molecule has 1 nitrogen and oxygen atoms in total. The van der Waals surface area contributed by atoms with Crippen LogP contribution < -0.4 is 14.8 Å². The molecule has 1 heterocycles. The fourth-order valence-electron chi connectivity index (χ4n) is 3.14. The molecule has 0 atom stereocenters. The lowest BCUT2D eigenvalue weighted by Gasteiger charge is -2.42. The van der Waals surface area contributed by atoms with Crippen LogP contribution >= 0.6 is 11.3 Å². The first-order valence-corrected chi connectivity index (χ1v) is 10.7. The molecule has 0 radical (unpaired) electrons. The second-order valence-corrected chi connectivity index (χ2v) is 11.7. The van der Waals surface area contributed by atoms with E-state index in [2.05, 4.69) is 98.3 Å². The summed E-state index contributed by atoms with van der Waals surface area (Å²) >= 11 is 1.68. The Bertz CT molecular complexity index is 691. The fourth-order valence-corrected chi connectivity index (χ4v) is 8.19. The SMILES string of the molecule is CC(C)(C)[Si](Oc1ccsc1)(c1ccccc1)c1ccccc1. The summed E-state index contributed by atoms with van der Waals surface area (Å²) in [5, 5.41) is 6.80. The van der Waals surface area contributed by atoms with E-state index in [0.717, 1.165) is 5.75 Å². The molecule has 0 aliphatic rings.